The Labute approximate surface area is 126 Å². The first-order valence-corrected chi connectivity index (χ1v) is 7.97. The number of piperidine rings is 2. The number of amides is 2. The van der Waals surface area contributed by atoms with Crippen LogP contribution in [0.2, 0.25) is 0 Å². The Kier molecular flexibility index (Phi) is 5.08. The summed E-state index contributed by atoms with van der Waals surface area (Å²) in [4.78, 5) is 27.8. The third-order valence-electron chi connectivity index (χ3n) is 4.99. The molecule has 2 aliphatic heterocycles. The van der Waals surface area contributed by atoms with Crippen molar-refractivity contribution < 1.29 is 14.7 Å². The first kappa shape index (κ1) is 16.1. The van der Waals surface area contributed by atoms with Crippen molar-refractivity contribution in [3.8, 4) is 0 Å². The Morgan fingerprint density at radius 2 is 1.86 bits per heavy atom. The Balaban J connectivity index is 1.95. The van der Waals surface area contributed by atoms with Gasteiger partial charge in [0.05, 0.1) is 5.41 Å². The largest absolute Gasteiger partial charge is 0.481 e. The zero-order valence-electron chi connectivity index (χ0n) is 13.1. The molecule has 2 rings (SSSR count). The van der Waals surface area contributed by atoms with Crippen molar-refractivity contribution in [2.24, 2.45) is 5.41 Å². The number of rotatable bonds is 3. The van der Waals surface area contributed by atoms with E-state index in [9.17, 15) is 14.7 Å². The summed E-state index contributed by atoms with van der Waals surface area (Å²) in [6.45, 7) is 7.53. The van der Waals surface area contributed by atoms with Crippen LogP contribution >= 0.6 is 0 Å². The number of nitrogens with one attached hydrogen (secondary N) is 1. The molecular weight excluding hydrogens is 270 g/mol. The fraction of sp³-hybridized carbons (Fsp3) is 0.867. The predicted molar refractivity (Wildman–Crippen MR) is 80.2 cm³/mol. The topological polar surface area (TPSA) is 72.9 Å². The molecule has 0 bridgehead atoms. The van der Waals surface area contributed by atoms with Gasteiger partial charge in [-0.25, -0.2) is 4.79 Å². The van der Waals surface area contributed by atoms with Gasteiger partial charge in [-0.15, -0.1) is 0 Å². The van der Waals surface area contributed by atoms with Crippen molar-refractivity contribution >= 4 is 12.0 Å². The number of hydrogen-bond acceptors (Lipinski definition) is 3. The number of likely N-dealkylation sites (tertiary alicyclic amines) is 1. The van der Waals surface area contributed by atoms with Crippen LogP contribution in [0, 0.1) is 5.41 Å². The van der Waals surface area contributed by atoms with Crippen LogP contribution in [0.15, 0.2) is 0 Å². The lowest BCUT2D eigenvalue weighted by molar-refractivity contribution is -0.150. The summed E-state index contributed by atoms with van der Waals surface area (Å²) in [6.07, 6.45) is 3.08. The third kappa shape index (κ3) is 3.48. The average molecular weight is 297 g/mol. The van der Waals surface area contributed by atoms with Crippen LogP contribution in [-0.2, 0) is 4.79 Å². The van der Waals surface area contributed by atoms with Gasteiger partial charge in [-0.1, -0.05) is 0 Å². The van der Waals surface area contributed by atoms with Crippen molar-refractivity contribution in [3.05, 3.63) is 0 Å². The van der Waals surface area contributed by atoms with Crippen LogP contribution in [0.5, 0.6) is 0 Å². The zero-order valence-corrected chi connectivity index (χ0v) is 13.1. The Bertz CT molecular complexity index is 386. The minimum atomic E-state index is -0.750. The minimum Gasteiger partial charge on any atom is -0.481 e. The summed E-state index contributed by atoms with van der Waals surface area (Å²) in [7, 11) is 0. The molecule has 0 atom stereocenters. The molecule has 0 aromatic rings. The fourth-order valence-electron chi connectivity index (χ4n) is 3.26. The van der Waals surface area contributed by atoms with E-state index in [1.807, 2.05) is 16.7 Å². The van der Waals surface area contributed by atoms with Crippen LogP contribution in [0.4, 0.5) is 4.79 Å². The number of aliphatic carboxylic acids is 1. The highest BCUT2D eigenvalue weighted by Crippen LogP contribution is 2.31. The van der Waals surface area contributed by atoms with Gasteiger partial charge >= 0.3 is 12.0 Å². The van der Waals surface area contributed by atoms with Crippen LogP contribution < -0.4 is 5.32 Å². The van der Waals surface area contributed by atoms with Gasteiger partial charge in [-0.2, -0.15) is 0 Å². The molecule has 2 heterocycles. The van der Waals surface area contributed by atoms with Gasteiger partial charge in [-0.05, 0) is 52.6 Å². The summed E-state index contributed by atoms with van der Waals surface area (Å²) >= 11 is 0. The lowest BCUT2D eigenvalue weighted by Crippen LogP contribution is -2.54. The van der Waals surface area contributed by atoms with Crippen molar-refractivity contribution in [2.75, 3.05) is 32.7 Å². The second kappa shape index (κ2) is 6.64. The van der Waals surface area contributed by atoms with E-state index >= 15 is 0 Å². The molecule has 6 nitrogen and oxygen atoms in total. The SMILES string of the molecule is CCN(C(=O)N1CCC(C)(C(=O)O)CC1)C1CCNCC1. The van der Waals surface area contributed by atoms with Crippen LogP contribution in [0.25, 0.3) is 0 Å². The molecule has 0 radical (unpaired) electrons. The molecule has 0 saturated carbocycles. The molecule has 21 heavy (non-hydrogen) atoms. The highest BCUT2D eigenvalue weighted by molar-refractivity contribution is 5.77. The lowest BCUT2D eigenvalue weighted by Gasteiger charge is -2.41. The molecule has 2 N–H and O–H groups in total. The standard InChI is InChI=1S/C15H27N3O3/c1-3-18(12-4-8-16-9-5-12)14(21)17-10-6-15(2,7-11-17)13(19)20/h12,16H,3-11H2,1-2H3,(H,19,20). The van der Waals surface area contributed by atoms with Gasteiger partial charge in [0.2, 0.25) is 0 Å². The number of hydrogen-bond donors (Lipinski definition) is 2. The smallest absolute Gasteiger partial charge is 0.320 e. The van der Waals surface area contributed by atoms with Gasteiger partial charge in [0.25, 0.3) is 0 Å². The van der Waals surface area contributed by atoms with Gasteiger partial charge in [0.15, 0.2) is 0 Å². The van der Waals surface area contributed by atoms with Crippen molar-refractivity contribution in [3.63, 3.8) is 0 Å². The van der Waals surface area contributed by atoms with E-state index in [0.717, 1.165) is 32.5 Å². The summed E-state index contributed by atoms with van der Waals surface area (Å²) in [5.41, 5.74) is -0.678. The summed E-state index contributed by atoms with van der Waals surface area (Å²) < 4.78 is 0. The highest BCUT2D eigenvalue weighted by atomic mass is 16.4. The highest BCUT2D eigenvalue weighted by Gasteiger charge is 2.39. The number of carboxylic acids is 1. The van der Waals surface area contributed by atoms with Gasteiger partial charge < -0.3 is 20.2 Å². The maximum absolute atomic E-state index is 12.7. The number of nitrogens with zero attached hydrogens (tertiary/aromatic N) is 2. The quantitative estimate of drug-likeness (QED) is 0.825. The maximum atomic E-state index is 12.7. The van der Waals surface area contributed by atoms with E-state index in [1.54, 1.807) is 6.92 Å². The number of urea groups is 1. The molecule has 6 heteroatoms. The van der Waals surface area contributed by atoms with Crippen molar-refractivity contribution in [1.82, 2.24) is 15.1 Å². The predicted octanol–water partition coefficient (Wildman–Crippen LogP) is 1.37. The first-order valence-electron chi connectivity index (χ1n) is 7.97. The summed E-state index contributed by atoms with van der Waals surface area (Å²) in [5, 5.41) is 12.6. The number of carbonyl (C=O) groups is 2. The summed E-state index contributed by atoms with van der Waals surface area (Å²) in [5.74, 6) is -0.750. The third-order valence-corrected chi connectivity index (χ3v) is 4.99. The molecule has 0 aromatic heterocycles. The van der Waals surface area contributed by atoms with Crippen molar-refractivity contribution in [2.45, 2.75) is 45.6 Å². The normalized spacial score (nSPS) is 22.9. The second-order valence-corrected chi connectivity index (χ2v) is 6.40. The molecule has 0 aromatic carbocycles. The van der Waals surface area contributed by atoms with E-state index < -0.39 is 11.4 Å². The van der Waals surface area contributed by atoms with Gasteiger partial charge in [-0.3, -0.25) is 4.79 Å². The molecular formula is C15H27N3O3. The Morgan fingerprint density at radius 1 is 1.29 bits per heavy atom. The van der Waals surface area contributed by atoms with Gasteiger partial charge in [0.1, 0.15) is 0 Å². The van der Waals surface area contributed by atoms with Crippen LogP contribution in [0.1, 0.15) is 39.5 Å². The van der Waals surface area contributed by atoms with Crippen LogP contribution in [0.3, 0.4) is 0 Å². The van der Waals surface area contributed by atoms with E-state index in [2.05, 4.69) is 5.32 Å². The second-order valence-electron chi connectivity index (χ2n) is 6.40. The molecule has 0 spiro atoms. The first-order chi connectivity index (χ1) is 9.98. The Morgan fingerprint density at radius 3 is 2.33 bits per heavy atom. The maximum Gasteiger partial charge on any atom is 0.320 e. The molecule has 2 fully saturated rings. The minimum absolute atomic E-state index is 0.0804. The molecule has 120 valence electrons. The monoisotopic (exact) mass is 297 g/mol. The average Bonchev–Trinajstić information content (AvgIpc) is 2.49. The van der Waals surface area contributed by atoms with Crippen LogP contribution in [-0.4, -0.2) is 65.7 Å². The fourth-order valence-corrected chi connectivity index (χ4v) is 3.26. The van der Waals surface area contributed by atoms with Gasteiger partial charge in [0, 0.05) is 25.7 Å². The zero-order chi connectivity index (χ0) is 15.5. The van der Waals surface area contributed by atoms with E-state index in [1.165, 1.54) is 0 Å². The van der Waals surface area contributed by atoms with Crippen molar-refractivity contribution in [1.29, 1.82) is 0 Å². The van der Waals surface area contributed by atoms with E-state index in [4.69, 9.17) is 0 Å². The molecule has 0 aliphatic carbocycles. The lowest BCUT2D eigenvalue weighted by atomic mass is 9.80. The number of carboxylic acid groups (broad SMARTS) is 1. The molecule has 0 unspecified atom stereocenters. The molecule has 2 saturated heterocycles. The van der Waals surface area contributed by atoms with E-state index in [0.29, 0.717) is 32.0 Å². The number of carbonyl (C=O) groups excluding carboxylic acids is 1. The molecule has 2 aliphatic rings. The Hall–Kier alpha value is -1.30. The summed E-state index contributed by atoms with van der Waals surface area (Å²) in [6, 6.07) is 0.397. The van der Waals surface area contributed by atoms with E-state index in [-0.39, 0.29) is 6.03 Å². The molecule has 2 amide bonds.